The largest absolute Gasteiger partial charge is 0.495 e. The zero-order valence-electron chi connectivity index (χ0n) is 10.3. The summed E-state index contributed by atoms with van der Waals surface area (Å²) in [7, 11) is 1.55. The molecule has 1 aromatic carbocycles. The van der Waals surface area contributed by atoms with E-state index >= 15 is 0 Å². The molecule has 1 amide bonds. The van der Waals surface area contributed by atoms with Gasteiger partial charge in [0.1, 0.15) is 5.75 Å². The van der Waals surface area contributed by atoms with Gasteiger partial charge in [-0.1, -0.05) is 11.6 Å². The van der Waals surface area contributed by atoms with Gasteiger partial charge < -0.3 is 15.4 Å². The summed E-state index contributed by atoms with van der Waals surface area (Å²) in [6, 6.07) is 5.17. The summed E-state index contributed by atoms with van der Waals surface area (Å²) < 4.78 is 5.05. The first-order valence-electron chi connectivity index (χ1n) is 5.66. The van der Waals surface area contributed by atoms with Crippen LogP contribution in [-0.2, 0) is 4.79 Å². The minimum absolute atomic E-state index is 0.0901. The van der Waals surface area contributed by atoms with Crippen molar-refractivity contribution in [3.63, 3.8) is 0 Å². The van der Waals surface area contributed by atoms with Gasteiger partial charge in [-0.2, -0.15) is 0 Å². The van der Waals surface area contributed by atoms with Gasteiger partial charge in [-0.25, -0.2) is 0 Å². The molecule has 5 heteroatoms. The van der Waals surface area contributed by atoms with Crippen molar-refractivity contribution in [2.24, 2.45) is 0 Å². The average Bonchev–Trinajstić information content (AvgIpc) is 2.26. The van der Waals surface area contributed by atoms with Crippen LogP contribution >= 0.6 is 11.6 Å². The molecule has 1 heterocycles. The van der Waals surface area contributed by atoms with Crippen LogP contribution in [0.4, 0.5) is 5.69 Å². The molecule has 0 atom stereocenters. The standard InChI is InChI=1S/C13H15ClN2O2/c1-8(9-6-15-7-9)13(17)16-10-3-4-12(18-2)11(14)5-10/h3-5,15H,6-7H2,1-2H3,(H,16,17). The van der Waals surface area contributed by atoms with Gasteiger partial charge in [-0.05, 0) is 30.7 Å². The van der Waals surface area contributed by atoms with Gasteiger partial charge in [0, 0.05) is 24.4 Å². The highest BCUT2D eigenvalue weighted by molar-refractivity contribution is 6.32. The van der Waals surface area contributed by atoms with Crippen molar-refractivity contribution in [1.82, 2.24) is 5.32 Å². The number of hydrogen-bond acceptors (Lipinski definition) is 3. The van der Waals surface area contributed by atoms with Crippen LogP contribution in [0, 0.1) is 0 Å². The average molecular weight is 267 g/mol. The Hall–Kier alpha value is -1.52. The molecule has 1 fully saturated rings. The normalized spacial score (nSPS) is 13.8. The molecule has 1 aliphatic heterocycles. The maximum Gasteiger partial charge on any atom is 0.251 e. The molecule has 0 bridgehead atoms. The van der Waals surface area contributed by atoms with Crippen LogP contribution in [0.3, 0.4) is 0 Å². The maximum absolute atomic E-state index is 11.9. The quantitative estimate of drug-likeness (QED) is 0.825. The molecule has 1 aromatic rings. The SMILES string of the molecule is COc1ccc(NC(=O)C(C)=C2CNC2)cc1Cl. The zero-order valence-corrected chi connectivity index (χ0v) is 11.1. The van der Waals surface area contributed by atoms with Crippen molar-refractivity contribution < 1.29 is 9.53 Å². The van der Waals surface area contributed by atoms with Gasteiger partial charge in [-0.15, -0.1) is 0 Å². The lowest BCUT2D eigenvalue weighted by Gasteiger charge is -2.21. The van der Waals surface area contributed by atoms with Crippen molar-refractivity contribution >= 4 is 23.2 Å². The molecule has 0 aromatic heterocycles. The van der Waals surface area contributed by atoms with Crippen LogP contribution in [0.25, 0.3) is 0 Å². The molecule has 18 heavy (non-hydrogen) atoms. The number of carbonyl (C=O) groups is 1. The number of carbonyl (C=O) groups excluding carboxylic acids is 1. The number of anilines is 1. The van der Waals surface area contributed by atoms with Crippen LogP contribution in [-0.4, -0.2) is 26.1 Å². The second-order valence-corrected chi connectivity index (χ2v) is 4.54. The third-order valence-corrected chi connectivity index (χ3v) is 3.25. The fourth-order valence-corrected chi connectivity index (χ4v) is 1.90. The molecule has 0 radical (unpaired) electrons. The molecule has 4 nitrogen and oxygen atoms in total. The molecule has 0 saturated carbocycles. The Bertz CT molecular complexity index is 506. The van der Waals surface area contributed by atoms with Gasteiger partial charge in [-0.3, -0.25) is 4.79 Å². The molecule has 1 aliphatic rings. The Kier molecular flexibility index (Phi) is 3.89. The number of amides is 1. The molecule has 0 spiro atoms. The Morgan fingerprint density at radius 2 is 2.17 bits per heavy atom. The molecular weight excluding hydrogens is 252 g/mol. The number of hydrogen-bond donors (Lipinski definition) is 2. The molecule has 1 saturated heterocycles. The Morgan fingerprint density at radius 1 is 1.44 bits per heavy atom. The van der Waals surface area contributed by atoms with Crippen molar-refractivity contribution in [1.29, 1.82) is 0 Å². The highest BCUT2D eigenvalue weighted by Gasteiger charge is 2.16. The minimum Gasteiger partial charge on any atom is -0.495 e. The monoisotopic (exact) mass is 266 g/mol. The highest BCUT2D eigenvalue weighted by atomic mass is 35.5. The first kappa shape index (κ1) is 12.9. The lowest BCUT2D eigenvalue weighted by atomic mass is 10.0. The lowest BCUT2D eigenvalue weighted by Crippen LogP contribution is -2.36. The Labute approximate surface area is 111 Å². The van der Waals surface area contributed by atoms with Crippen LogP contribution in [0.2, 0.25) is 5.02 Å². The third-order valence-electron chi connectivity index (χ3n) is 2.96. The van der Waals surface area contributed by atoms with Crippen LogP contribution in [0.15, 0.2) is 29.3 Å². The van der Waals surface area contributed by atoms with E-state index in [2.05, 4.69) is 10.6 Å². The number of halogens is 1. The highest BCUT2D eigenvalue weighted by Crippen LogP contribution is 2.27. The van der Waals surface area contributed by atoms with Gasteiger partial charge in [0.2, 0.25) is 0 Å². The number of ether oxygens (including phenoxy) is 1. The fourth-order valence-electron chi connectivity index (χ4n) is 1.64. The molecule has 2 N–H and O–H groups in total. The van der Waals surface area contributed by atoms with E-state index in [-0.39, 0.29) is 5.91 Å². The van der Waals surface area contributed by atoms with Crippen molar-refractivity contribution in [2.45, 2.75) is 6.92 Å². The number of benzene rings is 1. The van der Waals surface area contributed by atoms with Crippen molar-refractivity contribution in [3.05, 3.63) is 34.4 Å². The Morgan fingerprint density at radius 3 is 2.67 bits per heavy atom. The van der Waals surface area contributed by atoms with E-state index in [0.29, 0.717) is 16.5 Å². The summed E-state index contributed by atoms with van der Waals surface area (Å²) >= 11 is 6.00. The molecule has 0 aliphatic carbocycles. The first-order valence-corrected chi connectivity index (χ1v) is 6.04. The molecule has 96 valence electrons. The maximum atomic E-state index is 11.9. The minimum atomic E-state index is -0.0901. The van der Waals surface area contributed by atoms with E-state index in [1.807, 2.05) is 6.92 Å². The predicted octanol–water partition coefficient (Wildman–Crippen LogP) is 2.21. The smallest absolute Gasteiger partial charge is 0.251 e. The van der Waals surface area contributed by atoms with E-state index in [1.54, 1.807) is 25.3 Å². The summed E-state index contributed by atoms with van der Waals surface area (Å²) in [4.78, 5) is 11.9. The van der Waals surface area contributed by atoms with E-state index in [9.17, 15) is 4.79 Å². The van der Waals surface area contributed by atoms with Crippen LogP contribution in [0.5, 0.6) is 5.75 Å². The predicted molar refractivity (Wildman–Crippen MR) is 72.2 cm³/mol. The number of nitrogens with one attached hydrogen (secondary N) is 2. The van der Waals surface area contributed by atoms with E-state index < -0.39 is 0 Å². The van der Waals surface area contributed by atoms with E-state index in [4.69, 9.17) is 16.3 Å². The Balaban J connectivity index is 2.10. The second kappa shape index (κ2) is 5.42. The topological polar surface area (TPSA) is 50.4 Å². The zero-order chi connectivity index (χ0) is 13.1. The van der Waals surface area contributed by atoms with Gasteiger partial charge >= 0.3 is 0 Å². The third kappa shape index (κ3) is 2.66. The van der Waals surface area contributed by atoms with E-state index in [1.165, 1.54) is 0 Å². The van der Waals surface area contributed by atoms with Crippen LogP contribution < -0.4 is 15.4 Å². The number of methoxy groups -OCH3 is 1. The second-order valence-electron chi connectivity index (χ2n) is 4.14. The summed E-state index contributed by atoms with van der Waals surface area (Å²) in [5.74, 6) is 0.501. The van der Waals surface area contributed by atoms with Gasteiger partial charge in [0.25, 0.3) is 5.91 Å². The number of rotatable bonds is 3. The summed E-state index contributed by atoms with van der Waals surface area (Å²) in [6.07, 6.45) is 0. The molecule has 0 unspecified atom stereocenters. The van der Waals surface area contributed by atoms with Crippen molar-refractivity contribution in [3.8, 4) is 5.75 Å². The fraction of sp³-hybridized carbons (Fsp3) is 0.308. The molecular formula is C13H15ClN2O2. The van der Waals surface area contributed by atoms with Gasteiger partial charge in [0.05, 0.1) is 12.1 Å². The van der Waals surface area contributed by atoms with E-state index in [0.717, 1.165) is 24.2 Å². The summed E-state index contributed by atoms with van der Waals surface area (Å²) in [5, 5.41) is 6.41. The first-order chi connectivity index (χ1) is 8.61. The van der Waals surface area contributed by atoms with Gasteiger partial charge in [0.15, 0.2) is 0 Å². The summed E-state index contributed by atoms with van der Waals surface area (Å²) in [5.41, 5.74) is 2.57. The lowest BCUT2D eigenvalue weighted by molar-refractivity contribution is -0.112. The summed E-state index contributed by atoms with van der Waals surface area (Å²) in [6.45, 7) is 3.42. The van der Waals surface area contributed by atoms with Crippen LogP contribution in [0.1, 0.15) is 6.92 Å². The molecule has 2 rings (SSSR count). The van der Waals surface area contributed by atoms with Crippen molar-refractivity contribution in [2.75, 3.05) is 25.5 Å².